The standard InChI is InChI=1S/C20H23N5OS.ClH/c1-14(21)16-10-5-6-12-24(16)20(26)18-22-19(17-11-7-13-27-17)25(23-18)15-8-3-2-4-9-15;/h2-4,7-9,11,13-14,16H,5-6,10,12,21H2,1H3;1H. The van der Waals surface area contributed by atoms with Crippen molar-refractivity contribution in [3.05, 3.63) is 53.7 Å². The molecule has 1 saturated heterocycles. The third-order valence-corrected chi connectivity index (χ3v) is 5.82. The number of carbonyl (C=O) groups is 1. The first kappa shape index (κ1) is 20.5. The van der Waals surface area contributed by atoms with Crippen molar-refractivity contribution in [2.45, 2.75) is 38.3 Å². The van der Waals surface area contributed by atoms with Crippen LogP contribution in [0.25, 0.3) is 16.4 Å². The molecule has 6 nitrogen and oxygen atoms in total. The van der Waals surface area contributed by atoms with Crippen molar-refractivity contribution >= 4 is 29.7 Å². The SMILES string of the molecule is CC(N)C1CCCCN1C(=O)c1nc(-c2cccs2)n(-c2ccccc2)n1.Cl. The van der Waals surface area contributed by atoms with Crippen molar-refractivity contribution in [2.24, 2.45) is 5.73 Å². The van der Waals surface area contributed by atoms with Crippen LogP contribution in [-0.2, 0) is 0 Å². The number of likely N-dealkylation sites (tertiary alicyclic amines) is 1. The van der Waals surface area contributed by atoms with E-state index in [-0.39, 0.29) is 36.2 Å². The van der Waals surface area contributed by atoms with Gasteiger partial charge in [0.15, 0.2) is 5.82 Å². The summed E-state index contributed by atoms with van der Waals surface area (Å²) in [5.74, 6) is 0.785. The molecule has 28 heavy (non-hydrogen) atoms. The van der Waals surface area contributed by atoms with Gasteiger partial charge in [0.2, 0.25) is 5.82 Å². The smallest absolute Gasteiger partial charge is 0.293 e. The highest BCUT2D eigenvalue weighted by Gasteiger charge is 2.32. The normalized spacial score (nSPS) is 17.8. The minimum Gasteiger partial charge on any atom is -0.331 e. The van der Waals surface area contributed by atoms with E-state index in [1.165, 1.54) is 0 Å². The second-order valence-electron chi connectivity index (χ2n) is 6.90. The summed E-state index contributed by atoms with van der Waals surface area (Å²) in [6.07, 6.45) is 3.02. The van der Waals surface area contributed by atoms with Crippen LogP contribution in [0.15, 0.2) is 47.8 Å². The Morgan fingerprint density at radius 3 is 2.68 bits per heavy atom. The zero-order valence-corrected chi connectivity index (χ0v) is 17.3. The van der Waals surface area contributed by atoms with Crippen LogP contribution in [0.4, 0.5) is 0 Å². The van der Waals surface area contributed by atoms with Gasteiger partial charge in [0.1, 0.15) is 0 Å². The van der Waals surface area contributed by atoms with Gasteiger partial charge in [-0.2, -0.15) is 0 Å². The number of hydrogen-bond acceptors (Lipinski definition) is 5. The molecule has 3 aromatic rings. The molecule has 8 heteroatoms. The zero-order chi connectivity index (χ0) is 18.8. The van der Waals surface area contributed by atoms with Crippen LogP contribution >= 0.6 is 23.7 Å². The monoisotopic (exact) mass is 417 g/mol. The lowest BCUT2D eigenvalue weighted by molar-refractivity contribution is 0.0571. The number of thiophene rings is 1. The summed E-state index contributed by atoms with van der Waals surface area (Å²) in [7, 11) is 0. The van der Waals surface area contributed by atoms with Crippen LogP contribution in [0.5, 0.6) is 0 Å². The fourth-order valence-corrected chi connectivity index (χ4v) is 4.30. The molecular weight excluding hydrogens is 394 g/mol. The van der Waals surface area contributed by atoms with Gasteiger partial charge in [-0.3, -0.25) is 4.79 Å². The zero-order valence-electron chi connectivity index (χ0n) is 15.7. The third-order valence-electron chi connectivity index (χ3n) is 4.96. The van der Waals surface area contributed by atoms with Crippen molar-refractivity contribution in [1.29, 1.82) is 0 Å². The first-order chi connectivity index (χ1) is 13.1. The van der Waals surface area contributed by atoms with Crippen molar-refractivity contribution < 1.29 is 4.79 Å². The molecule has 4 rings (SSSR count). The molecule has 2 aromatic heterocycles. The van der Waals surface area contributed by atoms with Gasteiger partial charge >= 0.3 is 0 Å². The van der Waals surface area contributed by atoms with Gasteiger partial charge in [-0.15, -0.1) is 28.8 Å². The molecule has 1 aliphatic heterocycles. The number of aromatic nitrogens is 3. The lowest BCUT2D eigenvalue weighted by atomic mass is 9.97. The molecule has 1 aliphatic rings. The van der Waals surface area contributed by atoms with Gasteiger partial charge in [-0.1, -0.05) is 24.3 Å². The molecule has 0 saturated carbocycles. The van der Waals surface area contributed by atoms with Crippen molar-refractivity contribution in [3.63, 3.8) is 0 Å². The van der Waals surface area contributed by atoms with Crippen LogP contribution in [0.1, 0.15) is 36.8 Å². The van der Waals surface area contributed by atoms with Gasteiger partial charge in [0.25, 0.3) is 5.91 Å². The maximum Gasteiger partial charge on any atom is 0.293 e. The highest BCUT2D eigenvalue weighted by atomic mass is 35.5. The van der Waals surface area contributed by atoms with Gasteiger partial charge < -0.3 is 10.6 Å². The largest absolute Gasteiger partial charge is 0.331 e. The fraction of sp³-hybridized carbons (Fsp3) is 0.350. The van der Waals surface area contributed by atoms with Crippen LogP contribution in [0.2, 0.25) is 0 Å². The maximum atomic E-state index is 13.2. The number of para-hydroxylation sites is 1. The van der Waals surface area contributed by atoms with E-state index in [4.69, 9.17) is 5.73 Å². The predicted molar refractivity (Wildman–Crippen MR) is 114 cm³/mol. The van der Waals surface area contributed by atoms with Crippen LogP contribution < -0.4 is 5.73 Å². The Kier molecular flexibility index (Phi) is 6.49. The highest BCUT2D eigenvalue weighted by Crippen LogP contribution is 2.27. The Hall–Kier alpha value is -2.22. The van der Waals surface area contributed by atoms with E-state index in [1.807, 2.05) is 59.7 Å². The van der Waals surface area contributed by atoms with Crippen LogP contribution in [0.3, 0.4) is 0 Å². The minimum atomic E-state index is -0.135. The Bertz CT molecular complexity index is 910. The number of benzene rings is 1. The lowest BCUT2D eigenvalue weighted by Gasteiger charge is -2.37. The molecule has 0 spiro atoms. The maximum absolute atomic E-state index is 13.2. The van der Waals surface area contributed by atoms with Crippen LogP contribution in [0, 0.1) is 0 Å². The van der Waals surface area contributed by atoms with E-state index in [9.17, 15) is 4.79 Å². The number of hydrogen-bond donors (Lipinski definition) is 1. The van der Waals surface area contributed by atoms with Gasteiger partial charge in [0.05, 0.1) is 10.6 Å². The summed E-state index contributed by atoms with van der Waals surface area (Å²) in [4.78, 5) is 20.7. The van der Waals surface area contributed by atoms with E-state index in [0.29, 0.717) is 12.4 Å². The molecule has 0 radical (unpaired) electrons. The van der Waals surface area contributed by atoms with Gasteiger partial charge in [-0.25, -0.2) is 9.67 Å². The number of amides is 1. The summed E-state index contributed by atoms with van der Waals surface area (Å²) in [6.45, 7) is 2.67. The molecule has 1 amide bonds. The number of nitrogens with two attached hydrogens (primary N) is 1. The Morgan fingerprint density at radius 1 is 1.21 bits per heavy atom. The van der Waals surface area contributed by atoms with E-state index in [1.54, 1.807) is 16.0 Å². The highest BCUT2D eigenvalue weighted by molar-refractivity contribution is 7.13. The summed E-state index contributed by atoms with van der Waals surface area (Å²) in [6, 6.07) is 13.7. The average Bonchev–Trinajstić information content (AvgIpc) is 3.37. The van der Waals surface area contributed by atoms with E-state index >= 15 is 0 Å². The number of piperidine rings is 1. The van der Waals surface area contributed by atoms with Crippen molar-refractivity contribution in [3.8, 4) is 16.4 Å². The topological polar surface area (TPSA) is 77.0 Å². The molecular formula is C20H24ClN5OS. The van der Waals surface area contributed by atoms with Gasteiger partial charge in [-0.05, 0) is 49.8 Å². The summed E-state index contributed by atoms with van der Waals surface area (Å²) in [5.41, 5.74) is 7.02. The predicted octanol–water partition coefficient (Wildman–Crippen LogP) is 3.76. The Balaban J connectivity index is 0.00000225. The average molecular weight is 418 g/mol. The Labute approximate surface area is 174 Å². The lowest BCUT2D eigenvalue weighted by Crippen LogP contribution is -2.51. The van der Waals surface area contributed by atoms with E-state index in [0.717, 1.165) is 29.8 Å². The molecule has 3 heterocycles. The summed E-state index contributed by atoms with van der Waals surface area (Å²) in [5, 5.41) is 6.58. The van der Waals surface area contributed by atoms with Crippen molar-refractivity contribution in [2.75, 3.05) is 6.54 Å². The Morgan fingerprint density at radius 2 is 2.00 bits per heavy atom. The summed E-state index contributed by atoms with van der Waals surface area (Å²) < 4.78 is 1.75. The van der Waals surface area contributed by atoms with Gasteiger partial charge in [0, 0.05) is 18.6 Å². The summed E-state index contributed by atoms with van der Waals surface area (Å²) >= 11 is 1.58. The number of halogens is 1. The van der Waals surface area contributed by atoms with E-state index < -0.39 is 0 Å². The fourth-order valence-electron chi connectivity index (χ4n) is 3.60. The molecule has 2 atom stereocenters. The number of nitrogens with zero attached hydrogens (tertiary/aromatic N) is 4. The second-order valence-corrected chi connectivity index (χ2v) is 7.85. The first-order valence-electron chi connectivity index (χ1n) is 9.28. The van der Waals surface area contributed by atoms with Crippen LogP contribution in [-0.4, -0.2) is 44.2 Å². The quantitative estimate of drug-likeness (QED) is 0.701. The molecule has 148 valence electrons. The molecule has 1 fully saturated rings. The second kappa shape index (κ2) is 8.86. The van der Waals surface area contributed by atoms with Crippen molar-refractivity contribution in [1.82, 2.24) is 19.7 Å². The first-order valence-corrected chi connectivity index (χ1v) is 10.2. The molecule has 0 aliphatic carbocycles. The minimum absolute atomic E-state index is 0. The molecule has 1 aromatic carbocycles. The van der Waals surface area contributed by atoms with E-state index in [2.05, 4.69) is 10.1 Å². The third kappa shape index (κ3) is 3.97. The molecule has 2 unspecified atom stereocenters. The molecule has 0 bridgehead atoms. The number of rotatable bonds is 4. The molecule has 2 N–H and O–H groups in total. The number of carbonyl (C=O) groups excluding carboxylic acids is 1.